The third kappa shape index (κ3) is 2.62. The van der Waals surface area contributed by atoms with Gasteiger partial charge in [0.25, 0.3) is 0 Å². The lowest BCUT2D eigenvalue weighted by Crippen LogP contribution is -2.19. The van der Waals surface area contributed by atoms with Gasteiger partial charge in [0.05, 0.1) is 17.3 Å². The van der Waals surface area contributed by atoms with Crippen LogP contribution in [0.2, 0.25) is 0 Å². The molecule has 2 atom stereocenters. The quantitative estimate of drug-likeness (QED) is 0.861. The maximum Gasteiger partial charge on any atom is 0.124 e. The van der Waals surface area contributed by atoms with E-state index in [1.165, 1.54) is 23.3 Å². The summed E-state index contributed by atoms with van der Waals surface area (Å²) in [6.45, 7) is 2.24. The van der Waals surface area contributed by atoms with Crippen molar-refractivity contribution in [3.05, 3.63) is 65.0 Å². The second-order valence-corrected chi connectivity index (χ2v) is 5.61. The minimum atomic E-state index is -0.380. The highest BCUT2D eigenvalue weighted by Gasteiger charge is 2.24. The van der Waals surface area contributed by atoms with Crippen molar-refractivity contribution >= 4 is 5.69 Å². The van der Waals surface area contributed by atoms with Crippen LogP contribution in [-0.4, -0.2) is 0 Å². The average molecular weight is 280 g/mol. The first-order valence-corrected chi connectivity index (χ1v) is 7.24. The van der Waals surface area contributed by atoms with Crippen molar-refractivity contribution in [3.63, 3.8) is 0 Å². The Morgan fingerprint density at radius 1 is 1.14 bits per heavy atom. The number of hydrogen-bond donors (Lipinski definition) is 1. The molecule has 1 N–H and O–H groups in total. The molecule has 2 aromatic rings. The van der Waals surface area contributed by atoms with Gasteiger partial charge < -0.3 is 5.32 Å². The van der Waals surface area contributed by atoms with Crippen molar-refractivity contribution < 1.29 is 4.39 Å². The Hall–Kier alpha value is -2.34. The number of nitrogens with one attached hydrogen (secondary N) is 1. The first-order valence-electron chi connectivity index (χ1n) is 7.24. The fourth-order valence-electron chi connectivity index (χ4n) is 3.08. The van der Waals surface area contributed by atoms with E-state index in [-0.39, 0.29) is 11.9 Å². The highest BCUT2D eigenvalue weighted by atomic mass is 19.1. The molecule has 0 fully saturated rings. The Morgan fingerprint density at radius 2 is 1.90 bits per heavy atom. The van der Waals surface area contributed by atoms with Gasteiger partial charge in [-0.2, -0.15) is 5.26 Å². The Bertz CT molecular complexity index is 703. The normalized spacial score (nSPS) is 20.4. The van der Waals surface area contributed by atoms with Crippen LogP contribution in [0.3, 0.4) is 0 Å². The SMILES string of the molecule is CC1CCC(Nc2ccc(F)cc2C#N)c2ccccc21. The molecule has 1 aliphatic carbocycles. The summed E-state index contributed by atoms with van der Waals surface area (Å²) in [5.41, 5.74) is 3.70. The number of halogens is 1. The van der Waals surface area contributed by atoms with Gasteiger partial charge in [-0.1, -0.05) is 31.2 Å². The highest BCUT2D eigenvalue weighted by molar-refractivity contribution is 5.59. The Morgan fingerprint density at radius 3 is 2.67 bits per heavy atom. The maximum atomic E-state index is 13.2. The lowest BCUT2D eigenvalue weighted by atomic mass is 9.81. The summed E-state index contributed by atoms with van der Waals surface area (Å²) in [5, 5.41) is 12.6. The zero-order valence-electron chi connectivity index (χ0n) is 11.9. The van der Waals surface area contributed by atoms with Crippen LogP contribution in [0.15, 0.2) is 42.5 Å². The van der Waals surface area contributed by atoms with Crippen molar-refractivity contribution in [2.24, 2.45) is 0 Å². The Labute approximate surface area is 124 Å². The van der Waals surface area contributed by atoms with Crippen molar-refractivity contribution in [2.45, 2.75) is 31.7 Å². The largest absolute Gasteiger partial charge is 0.377 e. The summed E-state index contributed by atoms with van der Waals surface area (Å²) in [4.78, 5) is 0. The van der Waals surface area contributed by atoms with Crippen LogP contribution in [0.5, 0.6) is 0 Å². The fourth-order valence-corrected chi connectivity index (χ4v) is 3.08. The van der Waals surface area contributed by atoms with Crippen LogP contribution >= 0.6 is 0 Å². The third-order valence-corrected chi connectivity index (χ3v) is 4.22. The van der Waals surface area contributed by atoms with Crippen molar-refractivity contribution in [2.75, 3.05) is 5.32 Å². The Kier molecular flexibility index (Phi) is 3.62. The molecule has 1 aliphatic rings. The van der Waals surface area contributed by atoms with E-state index in [0.717, 1.165) is 12.8 Å². The third-order valence-electron chi connectivity index (χ3n) is 4.22. The molecule has 2 unspecified atom stereocenters. The van der Waals surface area contributed by atoms with Crippen LogP contribution < -0.4 is 5.32 Å². The van der Waals surface area contributed by atoms with Crippen LogP contribution in [0.4, 0.5) is 10.1 Å². The van der Waals surface area contributed by atoms with Crippen molar-refractivity contribution in [1.29, 1.82) is 5.26 Å². The molecule has 2 nitrogen and oxygen atoms in total. The van der Waals surface area contributed by atoms with Crippen molar-refractivity contribution in [3.8, 4) is 6.07 Å². The standard InChI is InChI=1S/C18H17FN2/c1-12-6-8-18(16-5-3-2-4-15(12)16)21-17-9-7-14(19)10-13(17)11-20/h2-5,7,9-10,12,18,21H,6,8H2,1H3. The summed E-state index contributed by atoms with van der Waals surface area (Å²) < 4.78 is 13.2. The van der Waals surface area contributed by atoms with Crippen LogP contribution in [-0.2, 0) is 0 Å². The van der Waals surface area contributed by atoms with Gasteiger partial charge in [-0.25, -0.2) is 4.39 Å². The lowest BCUT2D eigenvalue weighted by molar-refractivity contribution is 0.534. The highest BCUT2D eigenvalue weighted by Crippen LogP contribution is 2.39. The number of anilines is 1. The van der Waals surface area contributed by atoms with Crippen LogP contribution in [0, 0.1) is 17.1 Å². The van der Waals surface area contributed by atoms with Gasteiger partial charge in [0.1, 0.15) is 11.9 Å². The van der Waals surface area contributed by atoms with E-state index in [1.807, 2.05) is 6.07 Å². The summed E-state index contributed by atoms with van der Waals surface area (Å²) >= 11 is 0. The van der Waals surface area contributed by atoms with Gasteiger partial charge in [0.15, 0.2) is 0 Å². The van der Waals surface area contributed by atoms with E-state index in [2.05, 4.69) is 36.5 Å². The first-order chi connectivity index (χ1) is 10.2. The van der Waals surface area contributed by atoms with E-state index in [9.17, 15) is 4.39 Å². The van der Waals surface area contributed by atoms with Gasteiger partial charge >= 0.3 is 0 Å². The molecule has 0 saturated carbocycles. The van der Waals surface area contributed by atoms with Gasteiger partial charge in [-0.15, -0.1) is 0 Å². The molecule has 0 aliphatic heterocycles. The van der Waals surface area contributed by atoms with Crippen LogP contribution in [0.25, 0.3) is 0 Å². The van der Waals surface area contributed by atoms with E-state index < -0.39 is 0 Å². The molecule has 0 amide bonds. The second kappa shape index (κ2) is 5.57. The van der Waals surface area contributed by atoms with Crippen LogP contribution in [0.1, 0.15) is 48.4 Å². The zero-order chi connectivity index (χ0) is 14.8. The topological polar surface area (TPSA) is 35.8 Å². The summed E-state index contributed by atoms with van der Waals surface area (Å²) in [5.74, 6) is 0.178. The number of fused-ring (bicyclic) bond motifs is 1. The second-order valence-electron chi connectivity index (χ2n) is 5.61. The molecule has 3 rings (SSSR count). The predicted octanol–water partition coefficient (Wildman–Crippen LogP) is 4.75. The lowest BCUT2D eigenvalue weighted by Gasteiger charge is -2.31. The van der Waals surface area contributed by atoms with E-state index >= 15 is 0 Å². The number of rotatable bonds is 2. The molecular formula is C18H17FN2. The van der Waals surface area contributed by atoms with Gasteiger partial charge in [-0.05, 0) is 48.1 Å². The minimum Gasteiger partial charge on any atom is -0.377 e. The molecule has 0 aromatic heterocycles. The van der Waals surface area contributed by atoms with E-state index in [1.54, 1.807) is 6.07 Å². The summed E-state index contributed by atoms with van der Waals surface area (Å²) in [7, 11) is 0. The van der Waals surface area contributed by atoms with Gasteiger partial charge in [0, 0.05) is 0 Å². The van der Waals surface area contributed by atoms with Gasteiger partial charge in [-0.3, -0.25) is 0 Å². The molecule has 0 radical (unpaired) electrons. The maximum absolute atomic E-state index is 13.2. The van der Waals surface area contributed by atoms with Crippen molar-refractivity contribution in [1.82, 2.24) is 0 Å². The van der Waals surface area contributed by atoms with E-state index in [0.29, 0.717) is 17.2 Å². The molecule has 0 heterocycles. The molecule has 0 bridgehead atoms. The van der Waals surface area contributed by atoms with E-state index in [4.69, 9.17) is 5.26 Å². The molecule has 3 heteroatoms. The Balaban J connectivity index is 1.93. The number of benzene rings is 2. The zero-order valence-corrected chi connectivity index (χ0v) is 11.9. The predicted molar refractivity (Wildman–Crippen MR) is 81.6 cm³/mol. The molecule has 21 heavy (non-hydrogen) atoms. The molecule has 0 spiro atoms. The number of nitrogens with zero attached hydrogens (tertiary/aromatic N) is 1. The van der Waals surface area contributed by atoms with Gasteiger partial charge in [0.2, 0.25) is 0 Å². The average Bonchev–Trinajstić information content (AvgIpc) is 2.52. The molecule has 0 saturated heterocycles. The summed E-state index contributed by atoms with van der Waals surface area (Å²) in [6.07, 6.45) is 2.12. The first kappa shape index (κ1) is 13.6. The monoisotopic (exact) mass is 280 g/mol. The molecular weight excluding hydrogens is 263 g/mol. The minimum absolute atomic E-state index is 0.176. The number of nitriles is 1. The fraction of sp³-hybridized carbons (Fsp3) is 0.278. The smallest absolute Gasteiger partial charge is 0.124 e. The molecule has 2 aromatic carbocycles. The summed E-state index contributed by atoms with van der Waals surface area (Å²) in [6, 6.07) is 15.0. The molecule has 106 valence electrons. The number of hydrogen-bond acceptors (Lipinski definition) is 2.